The molecule has 1 saturated heterocycles. The summed E-state index contributed by atoms with van der Waals surface area (Å²) in [5.74, 6) is -0.386. The van der Waals surface area contributed by atoms with Crippen LogP contribution in [0.2, 0.25) is 0 Å². The van der Waals surface area contributed by atoms with Crippen molar-refractivity contribution < 1.29 is 27.8 Å². The molecule has 2 fully saturated rings. The van der Waals surface area contributed by atoms with Gasteiger partial charge in [-0.2, -0.15) is 0 Å². The molecule has 3 heterocycles. The number of hydrogen-bond acceptors (Lipinski definition) is 6. The first kappa shape index (κ1) is 26.0. The lowest BCUT2D eigenvalue weighted by atomic mass is 10.0. The number of likely N-dealkylation sites (tertiary alicyclic amines) is 1. The molecule has 1 aliphatic carbocycles. The van der Waals surface area contributed by atoms with E-state index in [1.807, 2.05) is 0 Å². The first-order chi connectivity index (χ1) is 18.3. The number of H-pyrrole nitrogens is 1. The molecular formula is C27H31F2N5O4. The predicted octanol–water partition coefficient (Wildman–Crippen LogP) is 3.48. The summed E-state index contributed by atoms with van der Waals surface area (Å²) >= 11 is 0. The minimum atomic E-state index is -1.43. The molecule has 3 aromatic rings. The number of nitrogens with zero attached hydrogens (tertiary/aromatic N) is 3. The van der Waals surface area contributed by atoms with Crippen LogP contribution in [-0.4, -0.2) is 77.3 Å². The van der Waals surface area contributed by atoms with Gasteiger partial charge in [0.1, 0.15) is 41.9 Å². The minimum absolute atomic E-state index is 0.116. The molecule has 2 aliphatic rings. The average Bonchev–Trinajstić information content (AvgIpc) is 3.65. The molecule has 202 valence electrons. The van der Waals surface area contributed by atoms with Crippen molar-refractivity contribution in [2.75, 3.05) is 33.4 Å². The molecule has 2 aromatic heterocycles. The quantitative estimate of drug-likeness (QED) is 0.464. The highest BCUT2D eigenvalue weighted by Crippen LogP contribution is 2.39. The number of nitrogens with one attached hydrogen (secondary N) is 2. The zero-order chi connectivity index (χ0) is 27.0. The number of aryl methyl sites for hydroxylation is 2. The van der Waals surface area contributed by atoms with Crippen molar-refractivity contribution in [1.82, 2.24) is 25.2 Å². The molecule has 2 N–H and O–H groups in total. The molecule has 9 nitrogen and oxygen atoms in total. The number of hydrogen-bond donors (Lipinski definition) is 2. The maximum atomic E-state index is 15.5. The molecular weight excluding hydrogens is 496 g/mol. The van der Waals surface area contributed by atoms with Crippen LogP contribution in [0.3, 0.4) is 0 Å². The number of halogens is 2. The van der Waals surface area contributed by atoms with Crippen LogP contribution in [-0.2, 0) is 9.53 Å². The average molecular weight is 528 g/mol. The van der Waals surface area contributed by atoms with Crippen LogP contribution in [0, 0.1) is 25.6 Å². The van der Waals surface area contributed by atoms with Gasteiger partial charge >= 0.3 is 0 Å². The lowest BCUT2D eigenvalue weighted by Crippen LogP contribution is -2.54. The van der Waals surface area contributed by atoms with Crippen LogP contribution in [0.25, 0.3) is 22.3 Å². The molecule has 1 aliphatic heterocycles. The molecule has 0 spiro atoms. The van der Waals surface area contributed by atoms with E-state index in [2.05, 4.69) is 20.3 Å². The summed E-state index contributed by atoms with van der Waals surface area (Å²) < 4.78 is 41.2. The molecule has 2 amide bonds. The number of carbonyl (C=O) groups excluding carboxylic acids is 2. The molecule has 0 unspecified atom stereocenters. The van der Waals surface area contributed by atoms with E-state index < -0.39 is 23.9 Å². The SMILES string of the molecule is COCC(=O)N1CC[C@@H](NC(=O)c2c(C)[nH]c3c(-c4c(OCC5CC5)ccc(C)c4F)ncnc23)[C@H](F)C1. The van der Waals surface area contributed by atoms with Gasteiger partial charge in [-0.3, -0.25) is 9.59 Å². The number of methoxy groups -OCH3 is 1. The Labute approximate surface area is 218 Å². The number of ether oxygens (including phenoxy) is 2. The Kier molecular flexibility index (Phi) is 7.29. The van der Waals surface area contributed by atoms with Gasteiger partial charge < -0.3 is 24.7 Å². The second kappa shape index (κ2) is 10.6. The van der Waals surface area contributed by atoms with E-state index in [4.69, 9.17) is 9.47 Å². The topological polar surface area (TPSA) is 109 Å². The van der Waals surface area contributed by atoms with Crippen LogP contribution < -0.4 is 10.1 Å². The molecule has 1 saturated carbocycles. The van der Waals surface area contributed by atoms with Gasteiger partial charge in [0.2, 0.25) is 5.91 Å². The summed E-state index contributed by atoms with van der Waals surface area (Å²) in [6.45, 7) is 3.95. The van der Waals surface area contributed by atoms with Gasteiger partial charge in [-0.15, -0.1) is 0 Å². The number of benzene rings is 1. The van der Waals surface area contributed by atoms with Gasteiger partial charge in [0.25, 0.3) is 5.91 Å². The number of piperidine rings is 1. The molecule has 1 aromatic carbocycles. The number of rotatable bonds is 8. The van der Waals surface area contributed by atoms with Crippen LogP contribution in [0.5, 0.6) is 5.75 Å². The van der Waals surface area contributed by atoms with Gasteiger partial charge in [-0.25, -0.2) is 18.7 Å². The third kappa shape index (κ3) is 5.07. The second-order valence-electron chi connectivity index (χ2n) is 10.1. The Hall–Kier alpha value is -3.60. The molecule has 0 radical (unpaired) electrons. The monoisotopic (exact) mass is 527 g/mol. The fourth-order valence-corrected chi connectivity index (χ4v) is 4.83. The normalized spacial score (nSPS) is 19.6. The summed E-state index contributed by atoms with van der Waals surface area (Å²) in [5.41, 5.74) is 2.38. The van der Waals surface area contributed by atoms with Crippen molar-refractivity contribution in [3.8, 4) is 17.0 Å². The van der Waals surface area contributed by atoms with Gasteiger partial charge in [0.05, 0.1) is 35.8 Å². The smallest absolute Gasteiger partial charge is 0.255 e. The highest BCUT2D eigenvalue weighted by atomic mass is 19.1. The summed E-state index contributed by atoms with van der Waals surface area (Å²) in [6.07, 6.45) is 2.30. The minimum Gasteiger partial charge on any atom is -0.492 e. The number of fused-ring (bicyclic) bond motifs is 1. The third-order valence-corrected chi connectivity index (χ3v) is 7.18. The zero-order valence-corrected chi connectivity index (χ0v) is 21.6. The molecule has 11 heteroatoms. The third-order valence-electron chi connectivity index (χ3n) is 7.18. The number of aromatic nitrogens is 3. The van der Waals surface area contributed by atoms with E-state index in [1.54, 1.807) is 26.0 Å². The highest BCUT2D eigenvalue weighted by Gasteiger charge is 2.34. The van der Waals surface area contributed by atoms with Crippen molar-refractivity contribution >= 4 is 22.8 Å². The lowest BCUT2D eigenvalue weighted by molar-refractivity contribution is -0.137. The van der Waals surface area contributed by atoms with Crippen LogP contribution in [0.15, 0.2) is 18.5 Å². The van der Waals surface area contributed by atoms with E-state index in [-0.39, 0.29) is 42.3 Å². The Morgan fingerprint density at radius 2 is 2.00 bits per heavy atom. The van der Waals surface area contributed by atoms with Gasteiger partial charge in [-0.05, 0) is 50.7 Å². The number of aromatic amines is 1. The summed E-state index contributed by atoms with van der Waals surface area (Å²) in [4.78, 5) is 38.6. The van der Waals surface area contributed by atoms with Gasteiger partial charge in [0, 0.05) is 19.3 Å². The number of carbonyl (C=O) groups is 2. The molecule has 2 atom stereocenters. The standard InChI is InChI=1S/C27H31F2N5O4/c1-14-4-7-19(38-11-16-5-6-16)22(23(14)29)25-26-24(30-13-31-25)21(15(2)32-26)27(36)33-18-8-9-34(10-17(18)28)20(35)12-37-3/h4,7,13,16-18,32H,5-6,8-12H2,1-3H3,(H,33,36)/t17-,18-/m1/s1. The van der Waals surface area contributed by atoms with E-state index in [9.17, 15) is 14.0 Å². The zero-order valence-electron chi connectivity index (χ0n) is 21.6. The van der Waals surface area contributed by atoms with Crippen molar-refractivity contribution in [3.05, 3.63) is 41.1 Å². The van der Waals surface area contributed by atoms with Crippen LogP contribution >= 0.6 is 0 Å². The van der Waals surface area contributed by atoms with Crippen molar-refractivity contribution in [2.45, 2.75) is 45.3 Å². The fraction of sp³-hybridized carbons (Fsp3) is 0.481. The maximum Gasteiger partial charge on any atom is 0.255 e. The highest BCUT2D eigenvalue weighted by molar-refractivity contribution is 6.09. The van der Waals surface area contributed by atoms with Crippen molar-refractivity contribution in [2.24, 2.45) is 5.92 Å². The number of amides is 2. The van der Waals surface area contributed by atoms with E-state index in [1.165, 1.54) is 18.3 Å². The molecule has 0 bridgehead atoms. The van der Waals surface area contributed by atoms with Gasteiger partial charge in [0.15, 0.2) is 0 Å². The van der Waals surface area contributed by atoms with E-state index in [0.717, 1.165) is 12.8 Å². The fourth-order valence-electron chi connectivity index (χ4n) is 4.83. The Morgan fingerprint density at radius 3 is 2.71 bits per heavy atom. The first-order valence-electron chi connectivity index (χ1n) is 12.8. The lowest BCUT2D eigenvalue weighted by Gasteiger charge is -2.35. The van der Waals surface area contributed by atoms with E-state index in [0.29, 0.717) is 47.1 Å². The first-order valence-corrected chi connectivity index (χ1v) is 12.8. The summed E-state index contributed by atoms with van der Waals surface area (Å²) in [6, 6.07) is 2.63. The summed E-state index contributed by atoms with van der Waals surface area (Å²) in [5, 5.41) is 2.76. The number of alkyl halides is 1. The summed E-state index contributed by atoms with van der Waals surface area (Å²) in [7, 11) is 1.41. The largest absolute Gasteiger partial charge is 0.492 e. The maximum absolute atomic E-state index is 15.5. The van der Waals surface area contributed by atoms with Crippen LogP contribution in [0.1, 0.15) is 40.9 Å². The predicted molar refractivity (Wildman–Crippen MR) is 136 cm³/mol. The Bertz CT molecular complexity index is 1370. The Balaban J connectivity index is 1.43. The van der Waals surface area contributed by atoms with Crippen molar-refractivity contribution in [3.63, 3.8) is 0 Å². The van der Waals surface area contributed by atoms with Gasteiger partial charge in [-0.1, -0.05) is 6.07 Å². The Morgan fingerprint density at radius 1 is 1.21 bits per heavy atom. The van der Waals surface area contributed by atoms with E-state index >= 15 is 4.39 Å². The molecule has 5 rings (SSSR count). The molecule has 38 heavy (non-hydrogen) atoms. The van der Waals surface area contributed by atoms with Crippen LogP contribution in [0.4, 0.5) is 8.78 Å². The second-order valence-corrected chi connectivity index (χ2v) is 10.1. The van der Waals surface area contributed by atoms with Crippen molar-refractivity contribution in [1.29, 1.82) is 0 Å².